The van der Waals surface area contributed by atoms with Crippen LogP contribution in [0.1, 0.15) is 40.0 Å². The number of benzene rings is 1. The van der Waals surface area contributed by atoms with Gasteiger partial charge in [0, 0.05) is 31.8 Å². The molecule has 0 aliphatic carbocycles. The zero-order valence-electron chi connectivity index (χ0n) is 15.3. The van der Waals surface area contributed by atoms with Gasteiger partial charge in [0.2, 0.25) is 11.8 Å². The fraction of sp³-hybridized carbons (Fsp3) is 0.474. The molecular weight excluding hydrogens is 364 g/mol. The molecule has 0 spiro atoms. The third kappa shape index (κ3) is 3.50. The van der Waals surface area contributed by atoms with Gasteiger partial charge in [-0.05, 0) is 37.6 Å². The maximum absolute atomic E-state index is 12.8. The van der Waals surface area contributed by atoms with Gasteiger partial charge in [0.1, 0.15) is 6.04 Å². The molecule has 9 nitrogen and oxygen atoms in total. The van der Waals surface area contributed by atoms with Crippen LogP contribution in [0, 0.1) is 0 Å². The lowest BCUT2D eigenvalue weighted by Gasteiger charge is -2.27. The van der Waals surface area contributed by atoms with Gasteiger partial charge < -0.3 is 15.4 Å². The Bertz CT molecular complexity index is 832. The second-order valence-electron chi connectivity index (χ2n) is 7.14. The molecule has 3 heterocycles. The van der Waals surface area contributed by atoms with Crippen LogP contribution < -0.4 is 16.0 Å². The van der Waals surface area contributed by atoms with E-state index in [9.17, 15) is 19.2 Å². The number of carbonyl (C=O) groups excluding carboxylic acids is 4. The first-order chi connectivity index (χ1) is 13.5. The smallest absolute Gasteiger partial charge is 0.262 e. The maximum atomic E-state index is 12.8. The van der Waals surface area contributed by atoms with Gasteiger partial charge in [-0.25, -0.2) is 0 Å². The standard InChI is InChI=1S/C19H22N4O5/c24-16-5-4-15(17(25)22-16)23-18(26)13-3-2-11(8-14(13)19(23)27)21-10-12-9-20-6-1-7-28-12/h2-3,8,12,15,20-21H,1,4-7,9-10H2,(H,22,24,25). The maximum Gasteiger partial charge on any atom is 0.262 e. The van der Waals surface area contributed by atoms with Gasteiger partial charge in [-0.15, -0.1) is 0 Å². The number of hydrogen-bond acceptors (Lipinski definition) is 7. The Morgan fingerprint density at radius 3 is 2.79 bits per heavy atom. The highest BCUT2D eigenvalue weighted by Gasteiger charge is 2.44. The van der Waals surface area contributed by atoms with Gasteiger partial charge in [-0.3, -0.25) is 29.4 Å². The molecule has 1 aromatic carbocycles. The number of nitrogens with one attached hydrogen (secondary N) is 3. The van der Waals surface area contributed by atoms with E-state index in [1.165, 1.54) is 0 Å². The molecule has 3 N–H and O–H groups in total. The lowest BCUT2D eigenvalue weighted by molar-refractivity contribution is -0.136. The van der Waals surface area contributed by atoms with E-state index in [4.69, 9.17) is 4.74 Å². The van der Waals surface area contributed by atoms with Crippen LogP contribution in [0.15, 0.2) is 18.2 Å². The summed E-state index contributed by atoms with van der Waals surface area (Å²) in [6, 6.07) is 4.01. The van der Waals surface area contributed by atoms with E-state index >= 15 is 0 Å². The van der Waals surface area contributed by atoms with Crippen LogP contribution in [0.25, 0.3) is 0 Å². The Kier molecular flexibility index (Phi) is 5.10. The number of ether oxygens (including phenoxy) is 1. The Morgan fingerprint density at radius 2 is 1.96 bits per heavy atom. The summed E-state index contributed by atoms with van der Waals surface area (Å²) in [6.07, 6.45) is 1.24. The SMILES string of the molecule is O=C1CCC(N2C(=O)c3ccc(NCC4CNCCCO4)cc3C2=O)C(=O)N1. The number of hydrogen-bond donors (Lipinski definition) is 3. The number of rotatable bonds is 4. The summed E-state index contributed by atoms with van der Waals surface area (Å²) in [5, 5.41) is 8.74. The second-order valence-corrected chi connectivity index (χ2v) is 7.14. The van der Waals surface area contributed by atoms with Crippen molar-refractivity contribution in [3.05, 3.63) is 29.3 Å². The predicted molar refractivity (Wildman–Crippen MR) is 98.8 cm³/mol. The van der Waals surface area contributed by atoms with E-state index in [1.807, 2.05) is 0 Å². The second kappa shape index (κ2) is 7.69. The number of imide groups is 2. The van der Waals surface area contributed by atoms with E-state index in [2.05, 4.69) is 16.0 Å². The molecule has 0 saturated carbocycles. The first kappa shape index (κ1) is 18.6. The van der Waals surface area contributed by atoms with Crippen molar-refractivity contribution in [1.29, 1.82) is 0 Å². The average Bonchev–Trinajstić information content (AvgIpc) is 2.86. The Morgan fingerprint density at radius 1 is 1.14 bits per heavy atom. The van der Waals surface area contributed by atoms with Crippen molar-refractivity contribution in [2.24, 2.45) is 0 Å². The highest BCUT2D eigenvalue weighted by molar-refractivity contribution is 6.23. The minimum atomic E-state index is -0.952. The lowest BCUT2D eigenvalue weighted by atomic mass is 10.0. The lowest BCUT2D eigenvalue weighted by Crippen LogP contribution is -2.54. The number of amides is 4. The van der Waals surface area contributed by atoms with E-state index < -0.39 is 23.8 Å². The third-order valence-corrected chi connectivity index (χ3v) is 5.20. The van der Waals surface area contributed by atoms with E-state index in [-0.39, 0.29) is 36.0 Å². The molecule has 1 aromatic rings. The molecule has 0 radical (unpaired) electrons. The Hall–Kier alpha value is -2.78. The van der Waals surface area contributed by atoms with E-state index in [1.54, 1.807) is 18.2 Å². The van der Waals surface area contributed by atoms with Crippen molar-refractivity contribution < 1.29 is 23.9 Å². The van der Waals surface area contributed by atoms with Crippen LogP contribution in [0.3, 0.4) is 0 Å². The van der Waals surface area contributed by atoms with Gasteiger partial charge in [-0.2, -0.15) is 0 Å². The first-order valence-corrected chi connectivity index (χ1v) is 9.46. The van der Waals surface area contributed by atoms with Crippen molar-refractivity contribution in [3.63, 3.8) is 0 Å². The summed E-state index contributed by atoms with van der Waals surface area (Å²) in [4.78, 5) is 49.9. The van der Waals surface area contributed by atoms with Crippen LogP contribution in [0.2, 0.25) is 0 Å². The van der Waals surface area contributed by atoms with Crippen molar-refractivity contribution >= 4 is 29.3 Å². The minimum absolute atomic E-state index is 0.0214. The fourth-order valence-corrected chi connectivity index (χ4v) is 3.71. The molecule has 3 aliphatic rings. The molecule has 2 unspecified atom stereocenters. The minimum Gasteiger partial charge on any atom is -0.382 e. The van der Waals surface area contributed by atoms with E-state index in [0.29, 0.717) is 18.8 Å². The summed E-state index contributed by atoms with van der Waals surface area (Å²) < 4.78 is 5.75. The third-order valence-electron chi connectivity index (χ3n) is 5.20. The molecule has 2 fully saturated rings. The van der Waals surface area contributed by atoms with Gasteiger partial charge in [0.05, 0.1) is 17.2 Å². The molecule has 4 amide bonds. The van der Waals surface area contributed by atoms with Gasteiger partial charge >= 0.3 is 0 Å². The summed E-state index contributed by atoms with van der Waals surface area (Å²) >= 11 is 0. The largest absolute Gasteiger partial charge is 0.382 e. The number of fused-ring (bicyclic) bond motifs is 1. The van der Waals surface area contributed by atoms with Gasteiger partial charge in [0.25, 0.3) is 11.8 Å². The summed E-state index contributed by atoms with van der Waals surface area (Å²) in [7, 11) is 0. The molecule has 9 heteroatoms. The van der Waals surface area contributed by atoms with Gasteiger partial charge in [-0.1, -0.05) is 0 Å². The zero-order valence-corrected chi connectivity index (χ0v) is 15.3. The van der Waals surface area contributed by atoms with Crippen LogP contribution in [0.5, 0.6) is 0 Å². The fourth-order valence-electron chi connectivity index (χ4n) is 3.71. The van der Waals surface area contributed by atoms with Crippen molar-refractivity contribution in [2.75, 3.05) is 31.6 Å². The predicted octanol–water partition coefficient (Wildman–Crippen LogP) is -0.122. The topological polar surface area (TPSA) is 117 Å². The monoisotopic (exact) mass is 386 g/mol. The number of carbonyl (C=O) groups is 4. The highest BCUT2D eigenvalue weighted by atomic mass is 16.5. The molecule has 3 aliphatic heterocycles. The van der Waals surface area contributed by atoms with Crippen molar-refractivity contribution in [3.8, 4) is 0 Å². The molecule has 2 atom stereocenters. The average molecular weight is 386 g/mol. The Balaban J connectivity index is 1.47. The Labute approximate surface area is 161 Å². The number of nitrogens with zero attached hydrogens (tertiary/aromatic N) is 1. The molecular formula is C19H22N4O5. The highest BCUT2D eigenvalue weighted by Crippen LogP contribution is 2.29. The molecule has 2 saturated heterocycles. The molecule has 4 rings (SSSR count). The number of anilines is 1. The summed E-state index contributed by atoms with van der Waals surface area (Å²) in [6.45, 7) is 2.96. The number of piperidine rings is 1. The molecule has 28 heavy (non-hydrogen) atoms. The zero-order chi connectivity index (χ0) is 19.7. The normalized spacial score (nSPS) is 25.4. The van der Waals surface area contributed by atoms with Crippen LogP contribution in [0.4, 0.5) is 5.69 Å². The summed E-state index contributed by atoms with van der Waals surface area (Å²) in [5.74, 6) is -2.01. The first-order valence-electron chi connectivity index (χ1n) is 9.46. The van der Waals surface area contributed by atoms with Crippen LogP contribution in [-0.4, -0.2) is 66.9 Å². The molecule has 0 bridgehead atoms. The van der Waals surface area contributed by atoms with Crippen molar-refractivity contribution in [2.45, 2.75) is 31.4 Å². The molecule has 0 aromatic heterocycles. The van der Waals surface area contributed by atoms with Crippen LogP contribution >= 0.6 is 0 Å². The van der Waals surface area contributed by atoms with Crippen molar-refractivity contribution in [1.82, 2.24) is 15.5 Å². The van der Waals surface area contributed by atoms with E-state index in [0.717, 1.165) is 24.4 Å². The quantitative estimate of drug-likeness (QED) is 0.618. The molecule has 148 valence electrons. The van der Waals surface area contributed by atoms with Gasteiger partial charge in [0.15, 0.2) is 0 Å². The van der Waals surface area contributed by atoms with Crippen LogP contribution in [-0.2, 0) is 14.3 Å². The summed E-state index contributed by atoms with van der Waals surface area (Å²) in [5.41, 5.74) is 1.24.